The van der Waals surface area contributed by atoms with Crippen LogP contribution in [0.25, 0.3) is 10.9 Å². The first-order valence-corrected chi connectivity index (χ1v) is 8.72. The normalized spacial score (nSPS) is 12.7. The Labute approximate surface area is 163 Å². The number of aryl methyl sites for hydroxylation is 1. The number of fused-ring (bicyclic) bond motifs is 1. The summed E-state index contributed by atoms with van der Waals surface area (Å²) in [7, 11) is 0. The van der Waals surface area contributed by atoms with E-state index in [1.54, 1.807) is 6.92 Å². The summed E-state index contributed by atoms with van der Waals surface area (Å²) < 4.78 is 46.9. The van der Waals surface area contributed by atoms with Crippen molar-refractivity contribution in [2.75, 3.05) is 0 Å². The quantitative estimate of drug-likeness (QED) is 0.652. The van der Waals surface area contributed by atoms with Gasteiger partial charge < -0.3 is 14.8 Å². The van der Waals surface area contributed by atoms with Gasteiger partial charge in [-0.3, -0.25) is 4.79 Å². The summed E-state index contributed by atoms with van der Waals surface area (Å²) in [5.41, 5.74) is -1.69. The minimum Gasteiger partial charge on any atom is -0.486 e. The van der Waals surface area contributed by atoms with Crippen LogP contribution in [0.3, 0.4) is 0 Å². The molecule has 0 amide bonds. The minimum atomic E-state index is -4.67. The fourth-order valence-electron chi connectivity index (χ4n) is 3.04. The first-order valence-electron chi connectivity index (χ1n) is 8.72. The number of H-pyrrole nitrogens is 1. The van der Waals surface area contributed by atoms with E-state index in [1.165, 1.54) is 31.2 Å². The number of ether oxygens (including phenoxy) is 1. The fraction of sp³-hybridized carbons (Fsp3) is 0.250. The van der Waals surface area contributed by atoms with Crippen molar-refractivity contribution in [2.45, 2.75) is 32.5 Å². The van der Waals surface area contributed by atoms with Crippen LogP contribution in [0.15, 0.2) is 41.2 Å². The zero-order valence-corrected chi connectivity index (χ0v) is 15.5. The Morgan fingerprint density at radius 2 is 1.90 bits per heavy atom. The van der Waals surface area contributed by atoms with Gasteiger partial charge in [0.1, 0.15) is 17.7 Å². The van der Waals surface area contributed by atoms with Crippen LogP contribution in [-0.4, -0.2) is 21.0 Å². The van der Waals surface area contributed by atoms with Gasteiger partial charge in [-0.2, -0.15) is 13.2 Å². The lowest BCUT2D eigenvalue weighted by molar-refractivity contribution is -0.139. The van der Waals surface area contributed by atoms with E-state index in [2.05, 4.69) is 9.97 Å². The topological polar surface area (TPSA) is 92.3 Å². The lowest BCUT2D eigenvalue weighted by Crippen LogP contribution is -2.18. The second-order valence-electron chi connectivity index (χ2n) is 6.45. The summed E-state index contributed by atoms with van der Waals surface area (Å²) >= 11 is 0. The fourth-order valence-corrected chi connectivity index (χ4v) is 3.04. The van der Waals surface area contributed by atoms with E-state index < -0.39 is 29.4 Å². The number of halogens is 3. The molecule has 2 aromatic carbocycles. The Morgan fingerprint density at radius 3 is 2.45 bits per heavy atom. The van der Waals surface area contributed by atoms with Crippen LogP contribution in [0.4, 0.5) is 13.2 Å². The number of carboxylic acid groups (broad SMARTS) is 1. The zero-order valence-electron chi connectivity index (χ0n) is 15.5. The van der Waals surface area contributed by atoms with Crippen molar-refractivity contribution in [1.82, 2.24) is 9.97 Å². The van der Waals surface area contributed by atoms with Gasteiger partial charge in [0, 0.05) is 5.56 Å². The smallest absolute Gasteiger partial charge is 0.416 e. The summed E-state index contributed by atoms with van der Waals surface area (Å²) in [6.07, 6.45) is -5.50. The van der Waals surface area contributed by atoms with Gasteiger partial charge >= 0.3 is 12.1 Å². The van der Waals surface area contributed by atoms with Gasteiger partial charge in [-0.15, -0.1) is 0 Å². The van der Waals surface area contributed by atoms with Crippen molar-refractivity contribution >= 4 is 16.9 Å². The van der Waals surface area contributed by atoms with E-state index in [1.807, 2.05) is 0 Å². The third-order valence-corrected chi connectivity index (χ3v) is 4.40. The second-order valence-corrected chi connectivity index (χ2v) is 6.45. The number of nitrogens with one attached hydrogen (secondary N) is 1. The molecule has 1 aromatic heterocycles. The maximum absolute atomic E-state index is 13.7. The number of nitrogens with zero attached hydrogens (tertiary/aromatic N) is 1. The molecule has 152 valence electrons. The highest BCUT2D eigenvalue weighted by Crippen LogP contribution is 2.38. The van der Waals surface area contributed by atoms with Crippen LogP contribution in [0.2, 0.25) is 0 Å². The van der Waals surface area contributed by atoms with Gasteiger partial charge in [0.2, 0.25) is 0 Å². The molecule has 0 aliphatic rings. The molecule has 3 aromatic rings. The molecule has 29 heavy (non-hydrogen) atoms. The van der Waals surface area contributed by atoms with Gasteiger partial charge in [0.15, 0.2) is 0 Å². The zero-order chi connectivity index (χ0) is 21.3. The summed E-state index contributed by atoms with van der Waals surface area (Å²) in [5, 5.41) is 8.98. The maximum atomic E-state index is 13.7. The van der Waals surface area contributed by atoms with Crippen LogP contribution in [0, 0.1) is 6.92 Å². The number of hydrogen-bond acceptors (Lipinski definition) is 4. The summed E-state index contributed by atoms with van der Waals surface area (Å²) in [5.74, 6) is -0.698. The van der Waals surface area contributed by atoms with Gasteiger partial charge in [-0.25, -0.2) is 9.78 Å². The van der Waals surface area contributed by atoms with Crippen LogP contribution in [-0.2, 0) is 6.18 Å². The minimum absolute atomic E-state index is 0.0278. The van der Waals surface area contributed by atoms with Gasteiger partial charge in [0.05, 0.1) is 22.0 Å². The van der Waals surface area contributed by atoms with Crippen LogP contribution in [0.5, 0.6) is 5.75 Å². The average Bonchev–Trinajstić information content (AvgIpc) is 2.65. The summed E-state index contributed by atoms with van der Waals surface area (Å²) in [6, 6.07) is 7.35. The van der Waals surface area contributed by atoms with E-state index in [0.717, 1.165) is 12.1 Å². The van der Waals surface area contributed by atoms with E-state index in [9.17, 15) is 22.8 Å². The average molecular weight is 406 g/mol. The number of carboxylic acids is 1. The number of aromatic amines is 1. The van der Waals surface area contributed by atoms with Crippen molar-refractivity contribution in [1.29, 1.82) is 0 Å². The number of alkyl halides is 3. The van der Waals surface area contributed by atoms with Gasteiger partial charge in [-0.05, 0) is 49.7 Å². The molecule has 0 saturated carbocycles. The number of aromatic carboxylic acids is 1. The molecular weight excluding hydrogens is 389 g/mol. The van der Waals surface area contributed by atoms with Crippen molar-refractivity contribution in [3.05, 3.63) is 69.3 Å². The molecule has 2 N–H and O–H groups in total. The van der Waals surface area contributed by atoms with Crippen molar-refractivity contribution < 1.29 is 27.8 Å². The Kier molecular flexibility index (Phi) is 5.32. The molecule has 9 heteroatoms. The molecule has 0 unspecified atom stereocenters. The van der Waals surface area contributed by atoms with Crippen molar-refractivity contribution in [2.24, 2.45) is 0 Å². The Balaban J connectivity index is 2.11. The molecule has 0 fully saturated rings. The number of benzene rings is 2. The highest BCUT2D eigenvalue weighted by Gasteiger charge is 2.36. The Hall–Kier alpha value is -3.36. The van der Waals surface area contributed by atoms with Crippen LogP contribution >= 0.6 is 0 Å². The first kappa shape index (κ1) is 20.4. The molecule has 0 bridgehead atoms. The Morgan fingerprint density at radius 1 is 1.24 bits per heavy atom. The SMILES string of the molecule is CC[C@H](Oc1ccc(C(=O)O)cc1)c1cc2c(=O)[nH]c(C)nc2cc1C(F)(F)F. The molecule has 0 aliphatic heterocycles. The number of rotatable bonds is 5. The predicted octanol–water partition coefficient (Wildman–Crippen LogP) is 4.48. The monoisotopic (exact) mass is 406 g/mol. The van der Waals surface area contributed by atoms with Crippen LogP contribution in [0.1, 0.15) is 46.8 Å². The molecule has 0 aliphatic carbocycles. The second kappa shape index (κ2) is 7.57. The van der Waals surface area contributed by atoms with E-state index in [-0.39, 0.29) is 40.0 Å². The third kappa shape index (κ3) is 4.23. The largest absolute Gasteiger partial charge is 0.486 e. The summed E-state index contributed by atoms with van der Waals surface area (Å²) in [6.45, 7) is 3.14. The maximum Gasteiger partial charge on any atom is 0.416 e. The third-order valence-electron chi connectivity index (χ3n) is 4.40. The summed E-state index contributed by atoms with van der Waals surface area (Å²) in [4.78, 5) is 29.6. The van der Waals surface area contributed by atoms with E-state index in [4.69, 9.17) is 9.84 Å². The predicted molar refractivity (Wildman–Crippen MR) is 99.2 cm³/mol. The molecular formula is C20H17F3N2O4. The standard InChI is InChI=1S/C20H17F3N2O4/c1-3-17(29-12-6-4-11(5-7-12)19(27)28)13-8-14-16(9-15(13)20(21,22)23)24-10(2)25-18(14)26/h4-9,17H,3H2,1-2H3,(H,27,28)(H,24,25,26)/t17-/m0/s1. The molecule has 0 spiro atoms. The molecule has 1 atom stereocenters. The van der Waals surface area contributed by atoms with Crippen molar-refractivity contribution in [3.8, 4) is 5.75 Å². The van der Waals surface area contributed by atoms with E-state index in [0.29, 0.717) is 0 Å². The lowest BCUT2D eigenvalue weighted by Gasteiger charge is -2.22. The molecule has 0 saturated heterocycles. The lowest BCUT2D eigenvalue weighted by atomic mass is 9.97. The highest BCUT2D eigenvalue weighted by atomic mass is 19.4. The molecule has 1 heterocycles. The van der Waals surface area contributed by atoms with Crippen LogP contribution < -0.4 is 10.3 Å². The molecule has 6 nitrogen and oxygen atoms in total. The van der Waals surface area contributed by atoms with E-state index >= 15 is 0 Å². The Bertz CT molecular complexity index is 1120. The van der Waals surface area contributed by atoms with Gasteiger partial charge in [0.25, 0.3) is 5.56 Å². The highest BCUT2D eigenvalue weighted by molar-refractivity contribution is 5.87. The number of aromatic nitrogens is 2. The first-order chi connectivity index (χ1) is 13.6. The van der Waals surface area contributed by atoms with Crippen molar-refractivity contribution in [3.63, 3.8) is 0 Å². The number of carbonyl (C=O) groups is 1. The molecule has 3 rings (SSSR count). The molecule has 0 radical (unpaired) electrons. The van der Waals surface area contributed by atoms with Gasteiger partial charge in [-0.1, -0.05) is 6.92 Å². The number of hydrogen-bond donors (Lipinski definition) is 2.